The van der Waals surface area contributed by atoms with Gasteiger partial charge in [0.2, 0.25) is 15.9 Å². The number of carbonyl (C=O) groups is 1. The average molecular weight is 349 g/mol. The molecule has 2 aromatic heterocycles. The van der Waals surface area contributed by atoms with Gasteiger partial charge in [0, 0.05) is 5.69 Å². The number of hydrogen-bond acceptors (Lipinski definition) is 6. The summed E-state index contributed by atoms with van der Waals surface area (Å²) in [4.78, 5) is 20.5. The molecule has 0 atom stereocenters. The van der Waals surface area contributed by atoms with Crippen LogP contribution in [-0.2, 0) is 21.4 Å². The minimum Gasteiger partial charge on any atom is -0.342 e. The van der Waals surface area contributed by atoms with Crippen molar-refractivity contribution in [2.24, 2.45) is 0 Å². The van der Waals surface area contributed by atoms with Gasteiger partial charge < -0.3 is 10.3 Å². The number of carbonyl (C=O) groups excluding carboxylic acids is 1. The molecule has 11 heteroatoms. The van der Waals surface area contributed by atoms with Gasteiger partial charge in [-0.3, -0.25) is 9.52 Å². The van der Waals surface area contributed by atoms with Crippen LogP contribution in [0.3, 0.4) is 0 Å². The minimum atomic E-state index is -3.44. The van der Waals surface area contributed by atoms with Gasteiger partial charge in [-0.25, -0.2) is 13.4 Å². The second kappa shape index (κ2) is 5.92. The van der Waals surface area contributed by atoms with Gasteiger partial charge in [0.1, 0.15) is 12.4 Å². The molecule has 0 spiro atoms. The highest BCUT2D eigenvalue weighted by molar-refractivity contribution is 7.92. The van der Waals surface area contributed by atoms with E-state index in [-0.39, 0.29) is 18.3 Å². The van der Waals surface area contributed by atoms with Crippen LogP contribution in [0.5, 0.6) is 0 Å². The molecule has 0 saturated carbocycles. The first kappa shape index (κ1) is 15.9. The predicted molar refractivity (Wildman–Crippen MR) is 87.9 cm³/mol. The first-order chi connectivity index (χ1) is 11.3. The Bertz CT molecular complexity index is 1010. The van der Waals surface area contributed by atoms with E-state index in [0.717, 1.165) is 27.9 Å². The van der Waals surface area contributed by atoms with E-state index in [0.29, 0.717) is 5.69 Å². The van der Waals surface area contributed by atoms with Gasteiger partial charge in [-0.15, -0.1) is 5.10 Å². The Morgan fingerprint density at radius 2 is 2.17 bits per heavy atom. The van der Waals surface area contributed by atoms with E-state index in [1.165, 1.54) is 6.20 Å². The van der Waals surface area contributed by atoms with Crippen molar-refractivity contribution < 1.29 is 13.2 Å². The van der Waals surface area contributed by atoms with Crippen molar-refractivity contribution in [3.63, 3.8) is 0 Å². The van der Waals surface area contributed by atoms with Crippen molar-refractivity contribution in [3.05, 3.63) is 30.2 Å². The highest BCUT2D eigenvalue weighted by Gasteiger charge is 2.10. The smallest absolute Gasteiger partial charge is 0.247 e. The van der Waals surface area contributed by atoms with Gasteiger partial charge in [0.05, 0.1) is 23.5 Å². The Kier molecular flexibility index (Phi) is 3.93. The van der Waals surface area contributed by atoms with Crippen LogP contribution in [0.15, 0.2) is 24.4 Å². The molecule has 24 heavy (non-hydrogen) atoms. The number of imidazole rings is 1. The third-order valence-electron chi connectivity index (χ3n) is 3.00. The van der Waals surface area contributed by atoms with Crippen LogP contribution in [0.4, 0.5) is 11.5 Å². The van der Waals surface area contributed by atoms with Gasteiger partial charge in [0.15, 0.2) is 5.82 Å². The second-order valence-corrected chi connectivity index (χ2v) is 6.99. The number of nitrogens with one attached hydrogen (secondary N) is 3. The molecular formula is C13H15N7O3S. The number of amides is 1. The number of rotatable bonds is 5. The SMILES string of the molecule is Cc1nc2ccc(NC(=O)Cn3ncc(NS(C)(=O)=O)n3)cc2[nH]1. The standard InChI is InChI=1S/C13H15N7O3S/c1-8-15-10-4-3-9(5-11(10)16-8)17-13(21)7-20-14-6-12(18-20)19-24(2,22)23/h3-6H,7H2,1-2H3,(H,15,16)(H,17,21)(H,18,19). The highest BCUT2D eigenvalue weighted by Crippen LogP contribution is 2.17. The van der Waals surface area contributed by atoms with Gasteiger partial charge >= 0.3 is 0 Å². The fourth-order valence-corrected chi connectivity index (χ4v) is 2.63. The third-order valence-corrected chi connectivity index (χ3v) is 3.58. The molecule has 0 fully saturated rings. The maximum absolute atomic E-state index is 12.0. The van der Waals surface area contributed by atoms with Crippen molar-refractivity contribution in [1.82, 2.24) is 25.0 Å². The van der Waals surface area contributed by atoms with Gasteiger partial charge in [-0.1, -0.05) is 0 Å². The molecule has 1 aromatic carbocycles. The molecule has 3 N–H and O–H groups in total. The van der Waals surface area contributed by atoms with Crippen LogP contribution in [0, 0.1) is 6.92 Å². The van der Waals surface area contributed by atoms with Crippen LogP contribution >= 0.6 is 0 Å². The van der Waals surface area contributed by atoms with E-state index in [1.807, 2.05) is 6.92 Å². The first-order valence-electron chi connectivity index (χ1n) is 6.93. The topological polar surface area (TPSA) is 135 Å². The maximum Gasteiger partial charge on any atom is 0.247 e. The van der Waals surface area contributed by atoms with Crippen LogP contribution in [0.2, 0.25) is 0 Å². The van der Waals surface area contributed by atoms with E-state index >= 15 is 0 Å². The van der Waals surface area contributed by atoms with Crippen molar-refractivity contribution in [1.29, 1.82) is 0 Å². The minimum absolute atomic E-state index is 0.0552. The summed E-state index contributed by atoms with van der Waals surface area (Å²) in [7, 11) is -3.44. The number of benzene rings is 1. The largest absolute Gasteiger partial charge is 0.342 e. The lowest BCUT2D eigenvalue weighted by molar-refractivity contribution is -0.117. The van der Waals surface area contributed by atoms with Crippen LogP contribution in [-0.4, -0.2) is 45.5 Å². The fourth-order valence-electron chi connectivity index (χ4n) is 2.15. The zero-order valence-electron chi connectivity index (χ0n) is 12.9. The summed E-state index contributed by atoms with van der Waals surface area (Å²) in [6.07, 6.45) is 2.24. The highest BCUT2D eigenvalue weighted by atomic mass is 32.2. The van der Waals surface area contributed by atoms with Gasteiger partial charge in [0.25, 0.3) is 0 Å². The molecule has 0 saturated heterocycles. The molecule has 0 aliphatic carbocycles. The predicted octanol–water partition coefficient (Wildman–Crippen LogP) is 0.473. The zero-order valence-corrected chi connectivity index (χ0v) is 13.8. The maximum atomic E-state index is 12.0. The number of aromatic nitrogens is 5. The van der Waals surface area contributed by atoms with Gasteiger partial charge in [-0.05, 0) is 25.1 Å². The van der Waals surface area contributed by atoms with Crippen molar-refractivity contribution >= 4 is 38.5 Å². The summed E-state index contributed by atoms with van der Waals surface area (Å²) in [5, 5.41) is 10.4. The second-order valence-electron chi connectivity index (χ2n) is 5.24. The summed E-state index contributed by atoms with van der Waals surface area (Å²) >= 11 is 0. The molecule has 0 unspecified atom stereocenters. The number of H-pyrrole nitrogens is 1. The molecular weight excluding hydrogens is 334 g/mol. The number of anilines is 2. The molecule has 0 aliphatic rings. The summed E-state index contributed by atoms with van der Waals surface area (Å²) in [5.74, 6) is 0.506. The normalized spacial score (nSPS) is 11.6. The number of nitrogens with zero attached hydrogens (tertiary/aromatic N) is 4. The molecule has 3 aromatic rings. The summed E-state index contributed by atoms with van der Waals surface area (Å²) in [6, 6.07) is 5.32. The van der Waals surface area contributed by atoms with Crippen LogP contribution < -0.4 is 10.0 Å². The third kappa shape index (κ3) is 3.87. The van der Waals surface area contributed by atoms with E-state index in [2.05, 4.69) is 30.2 Å². The molecule has 0 bridgehead atoms. The number of hydrogen-bond donors (Lipinski definition) is 3. The Morgan fingerprint density at radius 3 is 2.92 bits per heavy atom. The van der Waals surface area contributed by atoms with Crippen molar-refractivity contribution in [3.8, 4) is 0 Å². The first-order valence-corrected chi connectivity index (χ1v) is 8.82. The molecule has 10 nitrogen and oxygen atoms in total. The summed E-state index contributed by atoms with van der Waals surface area (Å²) in [6.45, 7) is 1.70. The molecule has 3 rings (SSSR count). The van der Waals surface area contributed by atoms with Crippen LogP contribution in [0.1, 0.15) is 5.82 Å². The molecule has 126 valence electrons. The van der Waals surface area contributed by atoms with Crippen molar-refractivity contribution in [2.45, 2.75) is 13.5 Å². The Morgan fingerprint density at radius 1 is 1.38 bits per heavy atom. The summed E-state index contributed by atoms with van der Waals surface area (Å²) < 4.78 is 24.4. The number of aromatic amines is 1. The molecule has 0 radical (unpaired) electrons. The van der Waals surface area contributed by atoms with E-state index in [1.54, 1.807) is 18.2 Å². The fraction of sp³-hybridized carbons (Fsp3) is 0.231. The average Bonchev–Trinajstić information content (AvgIpc) is 3.01. The lowest BCUT2D eigenvalue weighted by atomic mass is 10.3. The molecule has 1 amide bonds. The Balaban J connectivity index is 1.66. The van der Waals surface area contributed by atoms with Crippen LogP contribution in [0.25, 0.3) is 11.0 Å². The quantitative estimate of drug-likeness (QED) is 0.613. The Hall–Kier alpha value is -2.95. The van der Waals surface area contributed by atoms with E-state index < -0.39 is 10.0 Å². The summed E-state index contributed by atoms with van der Waals surface area (Å²) in [5.41, 5.74) is 2.25. The van der Waals surface area contributed by atoms with Gasteiger partial charge in [-0.2, -0.15) is 9.90 Å². The number of sulfonamides is 1. The zero-order chi connectivity index (χ0) is 17.3. The van der Waals surface area contributed by atoms with E-state index in [4.69, 9.17) is 0 Å². The molecule has 0 aliphatic heterocycles. The monoisotopic (exact) mass is 349 g/mol. The lowest BCUT2D eigenvalue weighted by Gasteiger charge is -2.04. The number of aryl methyl sites for hydroxylation is 1. The number of fused-ring (bicyclic) bond motifs is 1. The van der Waals surface area contributed by atoms with Crippen molar-refractivity contribution in [2.75, 3.05) is 16.3 Å². The van der Waals surface area contributed by atoms with E-state index in [9.17, 15) is 13.2 Å². The Labute approximate surface area is 137 Å². The molecule has 2 heterocycles. The lowest BCUT2D eigenvalue weighted by Crippen LogP contribution is -2.20.